The number of hydrogen-bond donors (Lipinski definition) is 0. The zero-order chi connectivity index (χ0) is 42.0. The Bertz CT molecular complexity index is 2950. The summed E-state index contributed by atoms with van der Waals surface area (Å²) in [5, 5.41) is 0. The predicted molar refractivity (Wildman–Crippen MR) is 233 cm³/mol. The minimum Gasteiger partial charge on any atom is -0.457 e. The van der Waals surface area contributed by atoms with Crippen LogP contribution in [0.1, 0.15) is 77.5 Å². The molecule has 0 spiro atoms. The zero-order valence-electron chi connectivity index (χ0n) is 33.2. The van der Waals surface area contributed by atoms with Crippen LogP contribution in [0.2, 0.25) is 0 Å². The second-order valence-electron chi connectivity index (χ2n) is 15.4. The van der Waals surface area contributed by atoms with Crippen LogP contribution in [-0.2, 0) is 5.54 Å². The second-order valence-corrected chi connectivity index (χ2v) is 15.4. The van der Waals surface area contributed by atoms with E-state index in [0.29, 0.717) is 56.8 Å². The first kappa shape index (κ1) is 37.2. The van der Waals surface area contributed by atoms with Crippen LogP contribution in [0.4, 0.5) is 11.4 Å². The molecule has 1 unspecified atom stereocenters. The topological polar surface area (TPSA) is 96.5 Å². The van der Waals surface area contributed by atoms with Crippen LogP contribution in [0.15, 0.2) is 176 Å². The molecule has 1 atom stereocenters. The van der Waals surface area contributed by atoms with Crippen molar-refractivity contribution in [3.63, 3.8) is 0 Å². The Balaban J connectivity index is 1.01. The van der Waals surface area contributed by atoms with E-state index in [1.54, 1.807) is 53.4 Å². The Hall–Kier alpha value is -8.04. The van der Waals surface area contributed by atoms with Gasteiger partial charge in [-0.3, -0.25) is 24.1 Å². The molecule has 61 heavy (non-hydrogen) atoms. The largest absolute Gasteiger partial charge is 0.457 e. The van der Waals surface area contributed by atoms with Crippen LogP contribution in [0, 0.1) is 0 Å². The fraction of sp³-hybridized carbons (Fsp3) is 0.0769. The van der Waals surface area contributed by atoms with Crippen molar-refractivity contribution in [2.45, 2.75) is 25.4 Å². The number of ether oxygens (including phenoxy) is 2. The molecule has 0 saturated carbocycles. The number of carbonyl (C=O) groups is 4. The number of fused-ring (bicyclic) bond motifs is 3. The maximum atomic E-state index is 14.6. The van der Waals surface area contributed by atoms with Gasteiger partial charge in [0.1, 0.15) is 28.5 Å². The van der Waals surface area contributed by atoms with Crippen LogP contribution in [0.5, 0.6) is 23.0 Å². The van der Waals surface area contributed by atoms with Gasteiger partial charge in [-0.05, 0) is 122 Å². The standard InChI is InChI=1S/C52H37N3O6/c1-32(2)53-33(3)42-28-26-40(30-45(42)49(53)57)60-38-22-18-34(19-23-38)52(47-17-11-10-16-44(47)51(59)55(52)37-14-8-5-9-15-37)35-20-24-39(25-21-35)61-41-27-29-43-46(31-41)50(58)54(48(43)56)36-12-6-4-7-13-36/h4-32H,3H2,1-2H3. The van der Waals surface area contributed by atoms with Gasteiger partial charge in [-0.25, -0.2) is 4.90 Å². The molecule has 4 amide bonds. The number of rotatable bonds is 9. The van der Waals surface area contributed by atoms with Gasteiger partial charge in [0.25, 0.3) is 23.6 Å². The van der Waals surface area contributed by atoms with Crippen molar-refractivity contribution < 1.29 is 28.7 Å². The Morgan fingerprint density at radius 3 is 1.51 bits per heavy atom. The number of benzene rings is 7. The summed E-state index contributed by atoms with van der Waals surface area (Å²) in [6.45, 7) is 8.07. The molecular weight excluding hydrogens is 763 g/mol. The van der Waals surface area contributed by atoms with Crippen molar-refractivity contribution in [3.05, 3.63) is 221 Å². The van der Waals surface area contributed by atoms with Crippen LogP contribution < -0.4 is 19.3 Å². The van der Waals surface area contributed by atoms with Gasteiger partial charge in [0, 0.05) is 28.6 Å². The highest BCUT2D eigenvalue weighted by molar-refractivity contribution is 6.34. The lowest BCUT2D eigenvalue weighted by Gasteiger charge is -2.40. The summed E-state index contributed by atoms with van der Waals surface area (Å²) < 4.78 is 12.7. The lowest BCUT2D eigenvalue weighted by molar-refractivity contribution is 0.0819. The molecule has 0 N–H and O–H groups in total. The van der Waals surface area contributed by atoms with Gasteiger partial charge in [0.05, 0.1) is 22.4 Å². The Morgan fingerprint density at radius 1 is 0.459 bits per heavy atom. The van der Waals surface area contributed by atoms with Crippen LogP contribution >= 0.6 is 0 Å². The summed E-state index contributed by atoms with van der Waals surface area (Å²) in [5.41, 5.74) is 5.70. The molecule has 10 rings (SSSR count). The lowest BCUT2D eigenvalue weighted by Crippen LogP contribution is -2.46. The van der Waals surface area contributed by atoms with Crippen molar-refractivity contribution >= 4 is 40.7 Å². The molecule has 3 aliphatic heterocycles. The van der Waals surface area contributed by atoms with E-state index in [9.17, 15) is 19.2 Å². The molecule has 9 heteroatoms. The van der Waals surface area contributed by atoms with Crippen LogP contribution in [0.25, 0.3) is 5.70 Å². The number of nitrogens with zero attached hydrogens (tertiary/aromatic N) is 3. The molecule has 0 fully saturated rings. The van der Waals surface area contributed by atoms with Gasteiger partial charge in [-0.2, -0.15) is 0 Å². The van der Waals surface area contributed by atoms with Gasteiger partial charge in [0.15, 0.2) is 0 Å². The number of hydrogen-bond acceptors (Lipinski definition) is 6. The summed E-state index contributed by atoms with van der Waals surface area (Å²) in [6, 6.07) is 51.6. The van der Waals surface area contributed by atoms with E-state index in [0.717, 1.165) is 22.3 Å². The van der Waals surface area contributed by atoms with Crippen LogP contribution in [-0.4, -0.2) is 34.6 Å². The predicted octanol–water partition coefficient (Wildman–Crippen LogP) is 10.9. The number of anilines is 2. The van der Waals surface area contributed by atoms with E-state index in [1.807, 2.05) is 140 Å². The highest BCUT2D eigenvalue weighted by Crippen LogP contribution is 2.51. The summed E-state index contributed by atoms with van der Waals surface area (Å²) in [4.78, 5) is 59.3. The molecule has 3 heterocycles. The molecule has 3 aliphatic rings. The smallest absolute Gasteiger partial charge is 0.266 e. The van der Waals surface area contributed by atoms with Gasteiger partial charge in [-0.1, -0.05) is 85.4 Å². The summed E-state index contributed by atoms with van der Waals surface area (Å²) >= 11 is 0. The summed E-state index contributed by atoms with van der Waals surface area (Å²) in [7, 11) is 0. The van der Waals surface area contributed by atoms with E-state index >= 15 is 0 Å². The van der Waals surface area contributed by atoms with Crippen molar-refractivity contribution in [1.82, 2.24) is 4.90 Å². The molecule has 0 saturated heterocycles. The Morgan fingerprint density at radius 2 is 0.934 bits per heavy atom. The molecule has 0 bridgehead atoms. The van der Waals surface area contributed by atoms with E-state index in [2.05, 4.69) is 6.58 Å². The third-order valence-electron chi connectivity index (χ3n) is 11.5. The third kappa shape index (κ3) is 5.84. The first-order valence-electron chi connectivity index (χ1n) is 20.0. The van der Waals surface area contributed by atoms with Crippen molar-refractivity contribution in [2.75, 3.05) is 9.80 Å². The molecular formula is C52H37N3O6. The maximum absolute atomic E-state index is 14.6. The van der Waals surface area contributed by atoms with Crippen molar-refractivity contribution in [2.24, 2.45) is 0 Å². The molecule has 7 aromatic rings. The summed E-state index contributed by atoms with van der Waals surface area (Å²) in [6.07, 6.45) is 0. The van der Waals surface area contributed by atoms with E-state index in [4.69, 9.17) is 9.47 Å². The average molecular weight is 800 g/mol. The van der Waals surface area contributed by atoms with Gasteiger partial charge in [-0.15, -0.1) is 0 Å². The molecule has 7 aromatic carbocycles. The van der Waals surface area contributed by atoms with Crippen molar-refractivity contribution in [3.8, 4) is 23.0 Å². The van der Waals surface area contributed by atoms with Crippen LogP contribution in [0.3, 0.4) is 0 Å². The first-order chi connectivity index (χ1) is 29.6. The second kappa shape index (κ2) is 14.4. The lowest BCUT2D eigenvalue weighted by atomic mass is 9.76. The highest BCUT2D eigenvalue weighted by Gasteiger charge is 2.53. The molecule has 0 aliphatic carbocycles. The third-order valence-corrected chi connectivity index (χ3v) is 11.5. The SMILES string of the molecule is C=C1c2ccc(Oc3ccc(C4(c5ccc(Oc6ccc7c(c6)C(=O)N(c6ccccc6)C7=O)cc5)c5ccccc5C(=O)N4c4ccccc4)cc3)cc2C(=O)N1C(C)C. The molecule has 0 aromatic heterocycles. The highest BCUT2D eigenvalue weighted by atomic mass is 16.5. The number of imide groups is 1. The Kier molecular flexibility index (Phi) is 8.76. The average Bonchev–Trinajstić information content (AvgIpc) is 3.81. The van der Waals surface area contributed by atoms with Gasteiger partial charge < -0.3 is 14.4 Å². The van der Waals surface area contributed by atoms with Crippen molar-refractivity contribution in [1.29, 1.82) is 0 Å². The van der Waals surface area contributed by atoms with Gasteiger partial charge in [0.2, 0.25) is 0 Å². The van der Waals surface area contributed by atoms with Gasteiger partial charge >= 0.3 is 0 Å². The number of para-hydroxylation sites is 2. The maximum Gasteiger partial charge on any atom is 0.266 e. The number of amides is 4. The minimum atomic E-state index is -1.12. The minimum absolute atomic E-state index is 0.0276. The summed E-state index contributed by atoms with van der Waals surface area (Å²) in [5.74, 6) is 0.916. The monoisotopic (exact) mass is 799 g/mol. The molecule has 9 nitrogen and oxygen atoms in total. The fourth-order valence-electron chi connectivity index (χ4n) is 8.84. The molecule has 0 radical (unpaired) electrons. The zero-order valence-corrected chi connectivity index (χ0v) is 33.2. The van der Waals surface area contributed by atoms with E-state index in [-0.39, 0.29) is 29.3 Å². The van der Waals surface area contributed by atoms with E-state index < -0.39 is 11.4 Å². The first-order valence-corrected chi connectivity index (χ1v) is 20.0. The Labute approximate surface area is 352 Å². The van der Waals surface area contributed by atoms with E-state index in [1.165, 1.54) is 4.90 Å². The quantitative estimate of drug-likeness (QED) is 0.135. The number of carbonyl (C=O) groups excluding carboxylic acids is 4. The fourth-order valence-corrected chi connectivity index (χ4v) is 8.84. The molecule has 296 valence electrons. The normalized spacial score (nSPS) is 16.6.